The molecule has 0 aliphatic carbocycles. The largest absolute Gasteiger partial charge is 0.391 e. The number of hydrogen-bond acceptors (Lipinski definition) is 3. The Morgan fingerprint density at radius 2 is 2.00 bits per heavy atom. The van der Waals surface area contributed by atoms with E-state index in [0.717, 1.165) is 0 Å². The number of morpholine rings is 1. The average Bonchev–Trinajstić information content (AvgIpc) is 2.18. The minimum absolute atomic E-state index is 0.142. The van der Waals surface area contributed by atoms with Gasteiger partial charge in [0.1, 0.15) is 0 Å². The third kappa shape index (κ3) is 3.32. The second kappa shape index (κ2) is 4.76. The summed E-state index contributed by atoms with van der Waals surface area (Å²) in [5.41, 5.74) is 4.87. The molecule has 0 radical (unpaired) electrons. The number of rotatable bonds is 2. The van der Waals surface area contributed by atoms with E-state index in [1.807, 2.05) is 0 Å². The average molecular weight is 231 g/mol. The summed E-state index contributed by atoms with van der Waals surface area (Å²) < 4.78 is 5.16. The van der Waals surface area contributed by atoms with Crippen LogP contribution in [0.3, 0.4) is 0 Å². The van der Waals surface area contributed by atoms with Gasteiger partial charge in [0.25, 0.3) is 0 Å². The summed E-state index contributed by atoms with van der Waals surface area (Å²) in [6.07, 6.45) is 0. The van der Waals surface area contributed by atoms with Crippen molar-refractivity contribution in [2.24, 2.45) is 5.73 Å². The Kier molecular flexibility index (Phi) is 3.87. The van der Waals surface area contributed by atoms with Crippen LogP contribution in [0.4, 0.5) is 4.79 Å². The molecule has 5 nitrogen and oxygen atoms in total. The maximum Gasteiger partial charge on any atom is 0.318 e. The highest BCUT2D eigenvalue weighted by atomic mass is 32.1. The van der Waals surface area contributed by atoms with Crippen molar-refractivity contribution in [2.75, 3.05) is 26.3 Å². The molecule has 3 N–H and O–H groups in total. The number of nitrogens with zero attached hydrogens (tertiary/aromatic N) is 1. The van der Waals surface area contributed by atoms with Gasteiger partial charge in [-0.15, -0.1) is 0 Å². The summed E-state index contributed by atoms with van der Waals surface area (Å²) in [7, 11) is 0. The van der Waals surface area contributed by atoms with E-state index in [-0.39, 0.29) is 11.0 Å². The molecule has 1 fully saturated rings. The Balaban J connectivity index is 2.50. The van der Waals surface area contributed by atoms with Crippen molar-refractivity contribution in [3.05, 3.63) is 0 Å². The summed E-state index contributed by atoms with van der Waals surface area (Å²) >= 11 is 4.87. The van der Waals surface area contributed by atoms with E-state index in [1.54, 1.807) is 18.7 Å². The van der Waals surface area contributed by atoms with Crippen molar-refractivity contribution in [3.8, 4) is 0 Å². The predicted molar refractivity (Wildman–Crippen MR) is 61.8 cm³/mol. The second-order valence-corrected chi connectivity index (χ2v) is 4.46. The lowest BCUT2D eigenvalue weighted by Gasteiger charge is -2.32. The SMILES string of the molecule is CC(C)(NC(=O)N1CCOCC1)C(N)=S. The monoisotopic (exact) mass is 231 g/mol. The van der Waals surface area contributed by atoms with E-state index in [9.17, 15) is 4.79 Å². The third-order valence-corrected chi connectivity index (χ3v) is 2.84. The van der Waals surface area contributed by atoms with Crippen molar-refractivity contribution >= 4 is 23.2 Å². The highest BCUT2D eigenvalue weighted by molar-refractivity contribution is 7.80. The number of nitrogens with one attached hydrogen (secondary N) is 1. The van der Waals surface area contributed by atoms with Crippen LogP contribution in [0.15, 0.2) is 0 Å². The number of thiocarbonyl (C=S) groups is 1. The van der Waals surface area contributed by atoms with Gasteiger partial charge in [0.2, 0.25) is 0 Å². The van der Waals surface area contributed by atoms with Crippen LogP contribution >= 0.6 is 12.2 Å². The molecular formula is C9H17N3O2S. The molecule has 0 aromatic rings. The molecule has 0 unspecified atom stereocenters. The molecule has 0 bridgehead atoms. The smallest absolute Gasteiger partial charge is 0.318 e. The Morgan fingerprint density at radius 3 is 2.47 bits per heavy atom. The maximum atomic E-state index is 11.8. The van der Waals surface area contributed by atoms with Crippen LogP contribution in [-0.2, 0) is 4.74 Å². The molecule has 0 saturated carbocycles. The summed E-state index contributed by atoms with van der Waals surface area (Å²) in [5, 5.41) is 2.79. The molecule has 0 aromatic heterocycles. The number of carbonyl (C=O) groups excluding carboxylic acids is 1. The Bertz CT molecular complexity index is 262. The van der Waals surface area contributed by atoms with Crippen LogP contribution in [-0.4, -0.2) is 47.8 Å². The van der Waals surface area contributed by atoms with Gasteiger partial charge in [-0.05, 0) is 13.8 Å². The van der Waals surface area contributed by atoms with Crippen LogP contribution in [0.25, 0.3) is 0 Å². The van der Waals surface area contributed by atoms with Gasteiger partial charge in [0, 0.05) is 13.1 Å². The molecule has 15 heavy (non-hydrogen) atoms. The molecule has 1 rings (SSSR count). The van der Waals surface area contributed by atoms with Gasteiger partial charge in [-0.2, -0.15) is 0 Å². The van der Waals surface area contributed by atoms with Crippen LogP contribution in [0.2, 0.25) is 0 Å². The standard InChI is InChI=1S/C9H17N3O2S/c1-9(2,7(10)15)11-8(13)12-3-5-14-6-4-12/h3-6H2,1-2H3,(H2,10,15)(H,11,13). The molecule has 0 spiro atoms. The molecule has 1 saturated heterocycles. The lowest BCUT2D eigenvalue weighted by atomic mass is 10.1. The molecule has 6 heteroatoms. The zero-order valence-electron chi connectivity index (χ0n) is 9.08. The zero-order valence-corrected chi connectivity index (χ0v) is 9.89. The lowest BCUT2D eigenvalue weighted by molar-refractivity contribution is 0.0523. The Labute approximate surface area is 94.9 Å². The molecule has 0 atom stereocenters. The molecular weight excluding hydrogens is 214 g/mol. The molecule has 1 aliphatic rings. The fraction of sp³-hybridized carbons (Fsp3) is 0.778. The predicted octanol–water partition coefficient (Wildman–Crippen LogP) is 0.0929. The fourth-order valence-corrected chi connectivity index (χ4v) is 1.23. The van der Waals surface area contributed by atoms with Crippen molar-refractivity contribution in [1.29, 1.82) is 0 Å². The van der Waals surface area contributed by atoms with Crippen LogP contribution in [0, 0.1) is 0 Å². The van der Waals surface area contributed by atoms with E-state index in [2.05, 4.69) is 5.32 Å². The Hall–Kier alpha value is -0.880. The van der Waals surface area contributed by atoms with Crippen molar-refractivity contribution in [3.63, 3.8) is 0 Å². The summed E-state index contributed by atoms with van der Waals surface area (Å²) in [6.45, 7) is 5.96. The van der Waals surface area contributed by atoms with Gasteiger partial charge < -0.3 is 20.7 Å². The first-order valence-corrected chi connectivity index (χ1v) is 5.29. The highest BCUT2D eigenvalue weighted by Gasteiger charge is 2.26. The number of hydrogen-bond donors (Lipinski definition) is 2. The van der Waals surface area contributed by atoms with Crippen molar-refractivity contribution in [2.45, 2.75) is 19.4 Å². The number of ether oxygens (including phenoxy) is 1. The molecule has 86 valence electrons. The summed E-state index contributed by atoms with van der Waals surface area (Å²) in [5.74, 6) is 0. The minimum Gasteiger partial charge on any atom is -0.391 e. The molecule has 1 aliphatic heterocycles. The van der Waals surface area contributed by atoms with E-state index < -0.39 is 5.54 Å². The van der Waals surface area contributed by atoms with Crippen LogP contribution in [0.5, 0.6) is 0 Å². The van der Waals surface area contributed by atoms with Gasteiger partial charge in [0.05, 0.1) is 23.7 Å². The first-order valence-electron chi connectivity index (χ1n) is 4.88. The molecule has 0 aromatic carbocycles. The second-order valence-electron chi connectivity index (χ2n) is 4.02. The van der Waals surface area contributed by atoms with Gasteiger partial charge >= 0.3 is 6.03 Å². The molecule has 1 heterocycles. The van der Waals surface area contributed by atoms with E-state index in [0.29, 0.717) is 26.3 Å². The lowest BCUT2D eigenvalue weighted by Crippen LogP contribution is -2.57. The highest BCUT2D eigenvalue weighted by Crippen LogP contribution is 2.05. The number of nitrogens with two attached hydrogens (primary N) is 1. The van der Waals surface area contributed by atoms with Gasteiger partial charge in [-0.3, -0.25) is 0 Å². The van der Waals surface area contributed by atoms with Gasteiger partial charge in [-0.1, -0.05) is 12.2 Å². The topological polar surface area (TPSA) is 67.6 Å². The van der Waals surface area contributed by atoms with Crippen molar-refractivity contribution in [1.82, 2.24) is 10.2 Å². The van der Waals surface area contributed by atoms with Crippen molar-refractivity contribution < 1.29 is 9.53 Å². The number of amides is 2. The normalized spacial score (nSPS) is 17.3. The van der Waals surface area contributed by atoms with E-state index >= 15 is 0 Å². The minimum atomic E-state index is -0.648. The zero-order chi connectivity index (χ0) is 11.5. The first kappa shape index (κ1) is 12.2. The summed E-state index contributed by atoms with van der Waals surface area (Å²) in [4.78, 5) is 13.7. The maximum absolute atomic E-state index is 11.8. The number of carbonyl (C=O) groups is 1. The van der Waals surface area contributed by atoms with Gasteiger partial charge in [-0.25, -0.2) is 4.79 Å². The van der Waals surface area contributed by atoms with E-state index in [1.165, 1.54) is 0 Å². The van der Waals surface area contributed by atoms with Gasteiger partial charge in [0.15, 0.2) is 0 Å². The number of urea groups is 1. The van der Waals surface area contributed by atoms with E-state index in [4.69, 9.17) is 22.7 Å². The first-order chi connectivity index (χ1) is 6.93. The Morgan fingerprint density at radius 1 is 1.47 bits per heavy atom. The van der Waals surface area contributed by atoms with Crippen LogP contribution < -0.4 is 11.1 Å². The van der Waals surface area contributed by atoms with Crippen LogP contribution in [0.1, 0.15) is 13.8 Å². The fourth-order valence-electron chi connectivity index (χ4n) is 1.17. The third-order valence-electron chi connectivity index (χ3n) is 2.33. The summed E-state index contributed by atoms with van der Waals surface area (Å²) in [6, 6.07) is -0.142. The molecule has 2 amide bonds. The quantitative estimate of drug-likeness (QED) is 0.661.